The van der Waals surface area contributed by atoms with Crippen LogP contribution in [-0.4, -0.2) is 45.6 Å². The highest BCUT2D eigenvalue weighted by molar-refractivity contribution is 7.92. The van der Waals surface area contributed by atoms with Crippen molar-refractivity contribution in [2.75, 3.05) is 24.5 Å². The number of benzene rings is 3. The summed E-state index contributed by atoms with van der Waals surface area (Å²) in [6.07, 6.45) is 6.63. The van der Waals surface area contributed by atoms with Gasteiger partial charge in [0, 0.05) is 31.2 Å². The first-order valence-electron chi connectivity index (χ1n) is 13.5. The minimum Gasteiger partial charge on any atom is -0.497 e. The van der Waals surface area contributed by atoms with Crippen LogP contribution in [0.2, 0.25) is 0 Å². The average molecular weight is 519 g/mol. The lowest BCUT2D eigenvalue weighted by Crippen LogP contribution is -2.51. The van der Waals surface area contributed by atoms with Crippen LogP contribution in [0.15, 0.2) is 83.8 Å². The molecule has 3 aromatic carbocycles. The maximum Gasteiger partial charge on any atom is 0.264 e. The Labute approximate surface area is 222 Å². The van der Waals surface area contributed by atoms with Crippen molar-refractivity contribution < 1.29 is 13.2 Å². The van der Waals surface area contributed by atoms with Crippen LogP contribution in [0, 0.1) is 6.92 Å². The van der Waals surface area contributed by atoms with Crippen molar-refractivity contribution in [1.82, 2.24) is 4.90 Å². The van der Waals surface area contributed by atoms with Crippen molar-refractivity contribution in [2.45, 2.75) is 68.3 Å². The number of ether oxygens (including phenoxy) is 1. The highest BCUT2D eigenvalue weighted by Gasteiger charge is 2.38. The van der Waals surface area contributed by atoms with Crippen LogP contribution in [-0.2, 0) is 10.0 Å². The largest absolute Gasteiger partial charge is 0.497 e. The molecule has 1 aliphatic heterocycles. The molecular weight excluding hydrogens is 480 g/mol. The lowest BCUT2D eigenvalue weighted by atomic mass is 9.78. The number of piperidine rings is 1. The summed E-state index contributed by atoms with van der Waals surface area (Å²) in [5.41, 5.74) is 3.28. The minimum absolute atomic E-state index is 0.0890. The molecule has 2 atom stereocenters. The fraction of sp³-hybridized carbons (Fsp3) is 0.419. The first-order chi connectivity index (χ1) is 18.0. The monoisotopic (exact) mass is 518 g/mol. The Hall–Kier alpha value is -2.83. The van der Waals surface area contributed by atoms with Gasteiger partial charge in [-0.05, 0) is 68.4 Å². The normalized spacial score (nSPS) is 21.5. The van der Waals surface area contributed by atoms with Gasteiger partial charge in [-0.3, -0.25) is 9.21 Å². The number of sulfonamides is 1. The van der Waals surface area contributed by atoms with Gasteiger partial charge in [-0.25, -0.2) is 8.42 Å². The summed E-state index contributed by atoms with van der Waals surface area (Å²) in [4.78, 5) is 2.91. The molecule has 2 fully saturated rings. The van der Waals surface area contributed by atoms with Gasteiger partial charge < -0.3 is 4.74 Å². The summed E-state index contributed by atoms with van der Waals surface area (Å²) < 4.78 is 35.1. The number of nitrogens with zero attached hydrogens (tertiary/aromatic N) is 2. The predicted octanol–water partition coefficient (Wildman–Crippen LogP) is 6.39. The lowest BCUT2D eigenvalue weighted by Gasteiger charge is -2.45. The Balaban J connectivity index is 1.40. The first kappa shape index (κ1) is 25.8. The molecule has 2 aliphatic rings. The molecular formula is C31H38N2O3S. The predicted molar refractivity (Wildman–Crippen MR) is 150 cm³/mol. The molecule has 196 valence electrons. The molecule has 0 radical (unpaired) electrons. The van der Waals surface area contributed by atoms with Gasteiger partial charge in [-0.15, -0.1) is 0 Å². The number of rotatable bonds is 7. The van der Waals surface area contributed by atoms with Gasteiger partial charge in [0.2, 0.25) is 0 Å². The zero-order valence-electron chi connectivity index (χ0n) is 21.9. The maximum atomic E-state index is 14.1. The fourth-order valence-corrected chi connectivity index (χ4v) is 7.95. The van der Waals surface area contributed by atoms with E-state index in [9.17, 15) is 8.42 Å². The van der Waals surface area contributed by atoms with E-state index in [1.807, 2.05) is 31.2 Å². The number of hydrogen-bond acceptors (Lipinski definition) is 4. The van der Waals surface area contributed by atoms with Crippen LogP contribution >= 0.6 is 0 Å². The Kier molecular flexibility index (Phi) is 7.87. The van der Waals surface area contributed by atoms with E-state index in [-0.39, 0.29) is 10.9 Å². The van der Waals surface area contributed by atoms with E-state index in [1.54, 1.807) is 35.7 Å². The number of aryl methyl sites for hydroxylation is 1. The number of anilines is 1. The molecule has 5 rings (SSSR count). The molecule has 0 N–H and O–H groups in total. The SMILES string of the molecule is COc1cccc(S(=O)(=O)N(c2ccc(C)cc2)C2CCN(C3CCCCC3c3ccccc3)CC2)c1. The Morgan fingerprint density at radius 3 is 2.24 bits per heavy atom. The average Bonchev–Trinajstić information content (AvgIpc) is 2.95. The third-order valence-electron chi connectivity index (χ3n) is 8.14. The third-order valence-corrected chi connectivity index (χ3v) is 10.0. The molecule has 6 heteroatoms. The standard InChI is InChI=1S/C31H38N2O3S/c1-24-15-17-26(18-16-24)33(37(34,35)29-12-8-11-28(23-29)36-2)27-19-21-32(22-20-27)31-14-7-6-13-30(31)25-9-4-3-5-10-25/h3-5,8-12,15-18,23,27,30-31H,6-7,13-14,19-22H2,1-2H3. The van der Waals surface area contributed by atoms with Crippen LogP contribution in [0.1, 0.15) is 55.6 Å². The molecule has 0 amide bonds. The number of methoxy groups -OCH3 is 1. The quantitative estimate of drug-likeness (QED) is 0.364. The Morgan fingerprint density at radius 1 is 0.838 bits per heavy atom. The summed E-state index contributed by atoms with van der Waals surface area (Å²) in [6, 6.07) is 26.0. The fourth-order valence-electron chi connectivity index (χ4n) is 6.20. The molecule has 5 nitrogen and oxygen atoms in total. The van der Waals surface area contributed by atoms with E-state index in [1.165, 1.54) is 31.2 Å². The maximum absolute atomic E-state index is 14.1. The smallest absolute Gasteiger partial charge is 0.264 e. The molecule has 1 heterocycles. The number of hydrogen-bond donors (Lipinski definition) is 0. The van der Waals surface area contributed by atoms with Gasteiger partial charge in [-0.1, -0.05) is 66.9 Å². The van der Waals surface area contributed by atoms with Crippen molar-refractivity contribution in [2.24, 2.45) is 0 Å². The van der Waals surface area contributed by atoms with Crippen LogP contribution in [0.25, 0.3) is 0 Å². The molecule has 0 spiro atoms. The van der Waals surface area contributed by atoms with E-state index >= 15 is 0 Å². The third kappa shape index (κ3) is 5.55. The summed E-state index contributed by atoms with van der Waals surface area (Å²) >= 11 is 0. The first-order valence-corrected chi connectivity index (χ1v) is 15.0. The van der Waals surface area contributed by atoms with Crippen molar-refractivity contribution >= 4 is 15.7 Å². The lowest BCUT2D eigenvalue weighted by molar-refractivity contribution is 0.107. The molecule has 3 aromatic rings. The van der Waals surface area contributed by atoms with E-state index in [2.05, 4.69) is 35.2 Å². The molecule has 0 aromatic heterocycles. The zero-order valence-corrected chi connectivity index (χ0v) is 22.7. The van der Waals surface area contributed by atoms with Crippen LogP contribution in [0.3, 0.4) is 0 Å². The highest BCUT2D eigenvalue weighted by atomic mass is 32.2. The molecule has 1 aliphatic carbocycles. The second-order valence-electron chi connectivity index (χ2n) is 10.5. The van der Waals surface area contributed by atoms with Crippen molar-refractivity contribution in [3.05, 3.63) is 90.0 Å². The second-order valence-corrected chi connectivity index (χ2v) is 12.3. The summed E-state index contributed by atoms with van der Waals surface area (Å²) in [5.74, 6) is 1.10. The van der Waals surface area contributed by atoms with Gasteiger partial charge in [0.25, 0.3) is 10.0 Å². The molecule has 37 heavy (non-hydrogen) atoms. The van der Waals surface area contributed by atoms with Gasteiger partial charge in [0.15, 0.2) is 0 Å². The van der Waals surface area contributed by atoms with Crippen molar-refractivity contribution in [3.8, 4) is 5.75 Å². The second kappa shape index (κ2) is 11.3. The topological polar surface area (TPSA) is 49.9 Å². The summed E-state index contributed by atoms with van der Waals surface area (Å²) in [7, 11) is -2.20. The van der Waals surface area contributed by atoms with E-state index < -0.39 is 10.0 Å². The van der Waals surface area contributed by atoms with Gasteiger partial charge in [0.05, 0.1) is 17.7 Å². The minimum atomic E-state index is -3.76. The van der Waals surface area contributed by atoms with Gasteiger partial charge >= 0.3 is 0 Å². The van der Waals surface area contributed by atoms with Crippen molar-refractivity contribution in [3.63, 3.8) is 0 Å². The molecule has 2 unspecified atom stereocenters. The van der Waals surface area contributed by atoms with Crippen LogP contribution < -0.4 is 9.04 Å². The molecule has 1 saturated heterocycles. The zero-order chi connectivity index (χ0) is 25.8. The summed E-state index contributed by atoms with van der Waals surface area (Å²) in [5, 5.41) is 0. The number of likely N-dealkylation sites (tertiary alicyclic amines) is 1. The molecule has 0 bridgehead atoms. The van der Waals surface area contributed by atoms with Crippen LogP contribution in [0.5, 0.6) is 5.75 Å². The Morgan fingerprint density at radius 2 is 1.54 bits per heavy atom. The highest BCUT2D eigenvalue weighted by Crippen LogP contribution is 2.39. The summed E-state index contributed by atoms with van der Waals surface area (Å²) in [6.45, 7) is 3.85. The van der Waals surface area contributed by atoms with Gasteiger partial charge in [0.1, 0.15) is 5.75 Å². The van der Waals surface area contributed by atoms with E-state index in [0.29, 0.717) is 17.7 Å². The van der Waals surface area contributed by atoms with E-state index in [0.717, 1.165) is 37.2 Å². The molecule has 1 saturated carbocycles. The Bertz CT molecular complexity index is 1270. The van der Waals surface area contributed by atoms with E-state index in [4.69, 9.17) is 4.74 Å². The van der Waals surface area contributed by atoms with Crippen LogP contribution in [0.4, 0.5) is 5.69 Å². The van der Waals surface area contributed by atoms with Gasteiger partial charge in [-0.2, -0.15) is 0 Å². The van der Waals surface area contributed by atoms with Crippen molar-refractivity contribution in [1.29, 1.82) is 0 Å².